The predicted octanol–water partition coefficient (Wildman–Crippen LogP) is 5.66. The van der Waals surface area contributed by atoms with E-state index in [9.17, 15) is 9.59 Å². The van der Waals surface area contributed by atoms with E-state index in [2.05, 4.69) is 39.1 Å². The third-order valence-electron chi connectivity index (χ3n) is 4.69. The number of nitrogens with one attached hydrogen (secondary N) is 1. The normalized spacial score (nSPS) is 11.1. The van der Waals surface area contributed by atoms with Crippen LogP contribution < -0.4 is 10.1 Å². The van der Waals surface area contributed by atoms with Crippen LogP contribution in [0.15, 0.2) is 42.5 Å². The molecule has 2 aromatic carbocycles. The molecule has 0 aliphatic carbocycles. The highest BCUT2D eigenvalue weighted by Crippen LogP contribution is 2.32. The standard InChI is InChI=1S/C25H33NO4/c1-6-7-8-15-29-24(28)19-10-12-20(13-11-19)26-23(27)17-30-22-14-9-18(2)16-21(22)25(3,4)5/h9-14,16H,6-8,15,17H2,1-5H3,(H,26,27). The monoisotopic (exact) mass is 411 g/mol. The first-order chi connectivity index (χ1) is 14.2. The molecule has 0 saturated carbocycles. The average molecular weight is 412 g/mol. The average Bonchev–Trinajstić information content (AvgIpc) is 2.70. The van der Waals surface area contributed by atoms with Crippen molar-refractivity contribution in [2.75, 3.05) is 18.5 Å². The maximum atomic E-state index is 12.3. The molecule has 0 unspecified atom stereocenters. The lowest BCUT2D eigenvalue weighted by Gasteiger charge is -2.23. The Kier molecular flexibility index (Phi) is 8.46. The first kappa shape index (κ1) is 23.5. The number of carbonyl (C=O) groups is 2. The molecule has 0 aliphatic rings. The summed E-state index contributed by atoms with van der Waals surface area (Å²) >= 11 is 0. The van der Waals surface area contributed by atoms with E-state index in [0.29, 0.717) is 23.6 Å². The zero-order valence-corrected chi connectivity index (χ0v) is 18.7. The fourth-order valence-electron chi connectivity index (χ4n) is 2.99. The molecular weight excluding hydrogens is 378 g/mol. The highest BCUT2D eigenvalue weighted by atomic mass is 16.5. The van der Waals surface area contributed by atoms with Gasteiger partial charge in [-0.05, 0) is 54.7 Å². The van der Waals surface area contributed by atoms with Crippen molar-refractivity contribution in [1.82, 2.24) is 0 Å². The van der Waals surface area contributed by atoms with Gasteiger partial charge in [-0.3, -0.25) is 4.79 Å². The van der Waals surface area contributed by atoms with E-state index in [4.69, 9.17) is 9.47 Å². The molecule has 2 aromatic rings. The summed E-state index contributed by atoms with van der Waals surface area (Å²) in [4.78, 5) is 24.3. The van der Waals surface area contributed by atoms with Gasteiger partial charge in [0.2, 0.25) is 0 Å². The summed E-state index contributed by atoms with van der Waals surface area (Å²) in [5.41, 5.74) is 3.21. The fourth-order valence-corrected chi connectivity index (χ4v) is 2.99. The van der Waals surface area contributed by atoms with Crippen LogP contribution in [0.4, 0.5) is 5.69 Å². The van der Waals surface area contributed by atoms with E-state index < -0.39 is 0 Å². The number of rotatable bonds is 9. The van der Waals surface area contributed by atoms with Crippen LogP contribution in [-0.4, -0.2) is 25.1 Å². The zero-order chi connectivity index (χ0) is 22.1. The van der Waals surface area contributed by atoms with Crippen molar-refractivity contribution in [3.8, 4) is 5.75 Å². The Morgan fingerprint density at radius 3 is 2.33 bits per heavy atom. The van der Waals surface area contributed by atoms with Gasteiger partial charge < -0.3 is 14.8 Å². The van der Waals surface area contributed by atoms with Crippen molar-refractivity contribution < 1.29 is 19.1 Å². The molecule has 2 rings (SSSR count). The number of anilines is 1. The summed E-state index contributed by atoms with van der Waals surface area (Å²) in [5.74, 6) is 0.108. The van der Waals surface area contributed by atoms with E-state index in [0.717, 1.165) is 30.4 Å². The quantitative estimate of drug-likeness (QED) is 0.427. The van der Waals surface area contributed by atoms with Gasteiger partial charge in [-0.2, -0.15) is 0 Å². The Morgan fingerprint density at radius 1 is 1.00 bits per heavy atom. The maximum absolute atomic E-state index is 12.3. The first-order valence-electron chi connectivity index (χ1n) is 10.5. The van der Waals surface area contributed by atoms with Gasteiger partial charge in [0.05, 0.1) is 12.2 Å². The number of esters is 1. The van der Waals surface area contributed by atoms with E-state index in [1.165, 1.54) is 0 Å². The zero-order valence-electron chi connectivity index (χ0n) is 18.7. The van der Waals surface area contributed by atoms with Gasteiger partial charge in [0.15, 0.2) is 6.61 Å². The number of benzene rings is 2. The Balaban J connectivity index is 1.89. The molecule has 1 N–H and O–H groups in total. The number of ether oxygens (including phenoxy) is 2. The van der Waals surface area contributed by atoms with Crippen LogP contribution >= 0.6 is 0 Å². The molecule has 0 fully saturated rings. The predicted molar refractivity (Wildman–Crippen MR) is 120 cm³/mol. The van der Waals surface area contributed by atoms with Crippen LogP contribution in [0.3, 0.4) is 0 Å². The third-order valence-corrected chi connectivity index (χ3v) is 4.69. The molecule has 0 aromatic heterocycles. The van der Waals surface area contributed by atoms with Crippen LogP contribution in [-0.2, 0) is 14.9 Å². The SMILES string of the molecule is CCCCCOC(=O)c1ccc(NC(=O)COc2ccc(C)cc2C(C)(C)C)cc1. The van der Waals surface area contributed by atoms with Crippen molar-refractivity contribution in [3.05, 3.63) is 59.2 Å². The molecule has 5 heteroatoms. The summed E-state index contributed by atoms with van der Waals surface area (Å²) in [6.07, 6.45) is 2.99. The van der Waals surface area contributed by atoms with Crippen molar-refractivity contribution in [3.63, 3.8) is 0 Å². The van der Waals surface area contributed by atoms with Crippen molar-refractivity contribution >= 4 is 17.6 Å². The first-order valence-corrected chi connectivity index (χ1v) is 10.5. The number of hydrogen-bond acceptors (Lipinski definition) is 4. The third kappa shape index (κ3) is 7.21. The number of aryl methyl sites for hydroxylation is 1. The van der Waals surface area contributed by atoms with E-state index in [1.54, 1.807) is 24.3 Å². The lowest BCUT2D eigenvalue weighted by atomic mass is 9.85. The molecule has 0 saturated heterocycles. The number of hydrogen-bond donors (Lipinski definition) is 1. The summed E-state index contributed by atoms with van der Waals surface area (Å²) in [5, 5.41) is 2.79. The maximum Gasteiger partial charge on any atom is 0.338 e. The number of unbranched alkanes of at least 4 members (excludes halogenated alkanes) is 2. The largest absolute Gasteiger partial charge is 0.483 e. The minimum atomic E-state index is -0.346. The molecule has 0 heterocycles. The van der Waals surface area contributed by atoms with Crippen LogP contribution in [0, 0.1) is 6.92 Å². The van der Waals surface area contributed by atoms with Gasteiger partial charge in [-0.1, -0.05) is 58.2 Å². The van der Waals surface area contributed by atoms with Gasteiger partial charge in [0.1, 0.15) is 5.75 Å². The second-order valence-corrected chi connectivity index (χ2v) is 8.51. The van der Waals surface area contributed by atoms with Crippen molar-refractivity contribution in [2.24, 2.45) is 0 Å². The summed E-state index contributed by atoms with van der Waals surface area (Å²) < 4.78 is 11.0. The van der Waals surface area contributed by atoms with E-state index in [-0.39, 0.29) is 23.9 Å². The van der Waals surface area contributed by atoms with Gasteiger partial charge in [-0.25, -0.2) is 4.79 Å². The van der Waals surface area contributed by atoms with Crippen LogP contribution in [0.5, 0.6) is 5.75 Å². The molecule has 0 spiro atoms. The summed E-state index contributed by atoms with van der Waals surface area (Å²) in [6, 6.07) is 12.6. The van der Waals surface area contributed by atoms with Gasteiger partial charge >= 0.3 is 5.97 Å². The Morgan fingerprint density at radius 2 is 1.70 bits per heavy atom. The topological polar surface area (TPSA) is 64.6 Å². The second kappa shape index (κ2) is 10.8. The Bertz CT molecular complexity index is 850. The van der Waals surface area contributed by atoms with E-state index in [1.807, 2.05) is 19.1 Å². The minimum Gasteiger partial charge on any atom is -0.483 e. The highest BCUT2D eigenvalue weighted by molar-refractivity contribution is 5.93. The smallest absolute Gasteiger partial charge is 0.338 e. The molecule has 0 atom stereocenters. The molecule has 0 bridgehead atoms. The lowest BCUT2D eigenvalue weighted by molar-refractivity contribution is -0.118. The van der Waals surface area contributed by atoms with Gasteiger partial charge in [0, 0.05) is 5.69 Å². The Labute approximate surface area is 179 Å². The van der Waals surface area contributed by atoms with E-state index >= 15 is 0 Å². The van der Waals surface area contributed by atoms with Gasteiger partial charge in [-0.15, -0.1) is 0 Å². The Hall–Kier alpha value is -2.82. The second-order valence-electron chi connectivity index (χ2n) is 8.51. The molecular formula is C25H33NO4. The van der Waals surface area contributed by atoms with Crippen molar-refractivity contribution in [1.29, 1.82) is 0 Å². The van der Waals surface area contributed by atoms with Crippen LogP contribution in [0.2, 0.25) is 0 Å². The number of carbonyl (C=O) groups excluding carboxylic acids is 2. The molecule has 162 valence electrons. The fraction of sp³-hybridized carbons (Fsp3) is 0.440. The molecule has 1 amide bonds. The molecule has 0 radical (unpaired) electrons. The summed E-state index contributed by atoms with van der Waals surface area (Å²) in [6.45, 7) is 10.8. The molecule has 0 aliphatic heterocycles. The lowest BCUT2D eigenvalue weighted by Crippen LogP contribution is -2.22. The summed E-state index contributed by atoms with van der Waals surface area (Å²) in [7, 11) is 0. The van der Waals surface area contributed by atoms with Crippen LogP contribution in [0.25, 0.3) is 0 Å². The van der Waals surface area contributed by atoms with Crippen LogP contribution in [0.1, 0.15) is 68.4 Å². The minimum absolute atomic E-state index is 0.0845. The van der Waals surface area contributed by atoms with Crippen molar-refractivity contribution in [2.45, 2.75) is 59.3 Å². The molecule has 5 nitrogen and oxygen atoms in total. The van der Waals surface area contributed by atoms with Gasteiger partial charge in [0.25, 0.3) is 5.91 Å². The highest BCUT2D eigenvalue weighted by Gasteiger charge is 2.19. The molecule has 30 heavy (non-hydrogen) atoms. The number of amides is 1.